The number of nitrogens with zero attached hydrogens (tertiary/aromatic N) is 2. The van der Waals surface area contributed by atoms with Gasteiger partial charge in [-0.2, -0.15) is 5.26 Å². The van der Waals surface area contributed by atoms with Crippen molar-refractivity contribution in [2.45, 2.75) is 58.4 Å². The first-order valence-electron chi connectivity index (χ1n) is 8.27. The van der Waals surface area contributed by atoms with Crippen molar-refractivity contribution >= 4 is 5.91 Å². The second-order valence-electron chi connectivity index (χ2n) is 7.49. The van der Waals surface area contributed by atoms with Crippen LogP contribution in [0.2, 0.25) is 0 Å². The van der Waals surface area contributed by atoms with E-state index in [0.717, 1.165) is 11.8 Å². The van der Waals surface area contributed by atoms with Gasteiger partial charge in [0.05, 0.1) is 12.5 Å². The van der Waals surface area contributed by atoms with Gasteiger partial charge in [-0.1, -0.05) is 0 Å². The average Bonchev–Trinajstić information content (AvgIpc) is 2.37. The molecule has 0 aromatic carbocycles. The van der Waals surface area contributed by atoms with E-state index in [0.29, 0.717) is 30.7 Å². The summed E-state index contributed by atoms with van der Waals surface area (Å²) in [7, 11) is 0. The minimum absolute atomic E-state index is 0.216. The lowest BCUT2D eigenvalue weighted by Crippen LogP contribution is -2.53. The molecule has 20 heavy (non-hydrogen) atoms. The monoisotopic (exact) mass is 274 g/mol. The molecule has 3 nitrogen and oxygen atoms in total. The molecule has 4 rings (SSSR count). The fourth-order valence-electron chi connectivity index (χ4n) is 5.31. The van der Waals surface area contributed by atoms with Gasteiger partial charge in [0.25, 0.3) is 0 Å². The first-order valence-corrected chi connectivity index (χ1v) is 8.27. The molecule has 4 aliphatic rings. The molecule has 0 atom stereocenters. The van der Waals surface area contributed by atoms with Gasteiger partial charge in [0.15, 0.2) is 0 Å². The second kappa shape index (κ2) is 5.39. The number of carbonyl (C=O) groups is 1. The Bertz CT molecular complexity index is 395. The van der Waals surface area contributed by atoms with Crippen molar-refractivity contribution in [3.8, 4) is 6.07 Å². The molecule has 110 valence electrons. The van der Waals surface area contributed by atoms with Gasteiger partial charge in [-0.05, 0) is 69.6 Å². The smallest absolute Gasteiger partial charge is 0.226 e. The molecule has 4 fully saturated rings. The van der Waals surface area contributed by atoms with Crippen molar-refractivity contribution in [1.82, 2.24) is 4.90 Å². The Morgan fingerprint density at radius 3 is 2.15 bits per heavy atom. The molecule has 0 unspecified atom stereocenters. The highest BCUT2D eigenvalue weighted by Gasteiger charge is 2.51. The van der Waals surface area contributed by atoms with Crippen LogP contribution in [0.5, 0.6) is 0 Å². The molecular weight excluding hydrogens is 248 g/mol. The lowest BCUT2D eigenvalue weighted by atomic mass is 9.51. The fraction of sp³-hybridized carbons (Fsp3) is 0.882. The number of amides is 1. The predicted octanol–water partition coefficient (Wildman–Crippen LogP) is 3.21. The van der Waals surface area contributed by atoms with E-state index >= 15 is 0 Å². The molecular formula is C17H26N2O. The van der Waals surface area contributed by atoms with Gasteiger partial charge in [0.2, 0.25) is 5.91 Å². The zero-order valence-corrected chi connectivity index (χ0v) is 12.7. The van der Waals surface area contributed by atoms with Crippen LogP contribution in [0.3, 0.4) is 0 Å². The molecule has 4 bridgehead atoms. The predicted molar refractivity (Wildman–Crippen MR) is 77.6 cm³/mol. The minimum atomic E-state index is 0.216. The summed E-state index contributed by atoms with van der Waals surface area (Å²) in [6.45, 7) is 4.76. The van der Waals surface area contributed by atoms with Gasteiger partial charge in [-0.3, -0.25) is 4.79 Å². The molecule has 0 aliphatic heterocycles. The average molecular weight is 274 g/mol. The van der Waals surface area contributed by atoms with Gasteiger partial charge < -0.3 is 4.90 Å². The van der Waals surface area contributed by atoms with Crippen molar-refractivity contribution in [3.05, 3.63) is 0 Å². The molecule has 0 spiro atoms. The van der Waals surface area contributed by atoms with Crippen molar-refractivity contribution in [2.75, 3.05) is 6.54 Å². The first kappa shape index (κ1) is 13.9. The molecule has 1 amide bonds. The molecule has 3 heteroatoms. The van der Waals surface area contributed by atoms with Gasteiger partial charge in [0.1, 0.15) is 0 Å². The highest BCUT2D eigenvalue weighted by Crippen LogP contribution is 2.56. The second-order valence-corrected chi connectivity index (χ2v) is 7.49. The molecule has 0 aromatic rings. The maximum absolute atomic E-state index is 13.0. The Balaban J connectivity index is 1.74. The zero-order valence-electron chi connectivity index (χ0n) is 12.7. The van der Waals surface area contributed by atoms with E-state index in [2.05, 4.69) is 19.9 Å². The summed E-state index contributed by atoms with van der Waals surface area (Å²) in [4.78, 5) is 15.0. The first-order chi connectivity index (χ1) is 9.60. The van der Waals surface area contributed by atoms with Crippen LogP contribution >= 0.6 is 0 Å². The number of nitriles is 1. The standard InChI is InChI=1S/C17H26N2O/c1-11(2)19(5-3-4-18)17(20)16-14-7-12-6-13(9-14)10-15(16)8-12/h11-16H,3,5-10H2,1-2H3. The van der Waals surface area contributed by atoms with E-state index in [1.54, 1.807) is 0 Å². The van der Waals surface area contributed by atoms with Crippen LogP contribution in [0.15, 0.2) is 0 Å². The number of hydrogen-bond acceptors (Lipinski definition) is 2. The number of hydrogen-bond donors (Lipinski definition) is 0. The van der Waals surface area contributed by atoms with Crippen LogP contribution in [-0.2, 0) is 4.79 Å². The summed E-state index contributed by atoms with van der Waals surface area (Å²) in [5.74, 6) is 3.72. The Morgan fingerprint density at radius 2 is 1.70 bits per heavy atom. The normalized spacial score (nSPS) is 38.0. The van der Waals surface area contributed by atoms with Crippen LogP contribution in [-0.4, -0.2) is 23.4 Å². The third-order valence-electron chi connectivity index (χ3n) is 5.88. The molecule has 0 saturated heterocycles. The topological polar surface area (TPSA) is 44.1 Å². The lowest BCUT2D eigenvalue weighted by Gasteiger charge is -2.54. The fourth-order valence-corrected chi connectivity index (χ4v) is 5.31. The largest absolute Gasteiger partial charge is 0.339 e. The molecule has 0 heterocycles. The molecule has 4 saturated carbocycles. The third-order valence-corrected chi connectivity index (χ3v) is 5.88. The number of carbonyl (C=O) groups excluding carboxylic acids is 1. The maximum atomic E-state index is 13.0. The summed E-state index contributed by atoms with van der Waals surface area (Å²) >= 11 is 0. The molecule has 0 radical (unpaired) electrons. The van der Waals surface area contributed by atoms with Gasteiger partial charge in [0, 0.05) is 18.5 Å². The lowest BCUT2D eigenvalue weighted by molar-refractivity contribution is -0.150. The van der Waals surface area contributed by atoms with E-state index < -0.39 is 0 Å². The summed E-state index contributed by atoms with van der Waals surface area (Å²) in [6, 6.07) is 2.40. The van der Waals surface area contributed by atoms with Gasteiger partial charge >= 0.3 is 0 Å². The third kappa shape index (κ3) is 2.34. The highest BCUT2D eigenvalue weighted by molar-refractivity contribution is 5.80. The van der Waals surface area contributed by atoms with E-state index in [4.69, 9.17) is 5.26 Å². The minimum Gasteiger partial charge on any atom is -0.339 e. The van der Waals surface area contributed by atoms with Crippen LogP contribution in [0.25, 0.3) is 0 Å². The molecule has 0 aromatic heterocycles. The molecule has 4 aliphatic carbocycles. The summed E-state index contributed by atoms with van der Waals surface area (Å²) in [5, 5.41) is 8.80. The van der Waals surface area contributed by atoms with E-state index in [9.17, 15) is 4.79 Å². The Hall–Kier alpha value is -1.04. The van der Waals surface area contributed by atoms with Crippen molar-refractivity contribution < 1.29 is 4.79 Å². The maximum Gasteiger partial charge on any atom is 0.226 e. The Labute approximate surface area is 122 Å². The van der Waals surface area contributed by atoms with E-state index in [-0.39, 0.29) is 12.0 Å². The number of rotatable bonds is 4. The SMILES string of the molecule is CC(C)N(CCC#N)C(=O)C1C2CC3CC(C2)CC1C3. The summed E-state index contributed by atoms with van der Waals surface area (Å²) in [6.07, 6.45) is 7.02. The van der Waals surface area contributed by atoms with E-state index in [1.807, 2.05) is 4.90 Å². The summed E-state index contributed by atoms with van der Waals surface area (Å²) < 4.78 is 0. The van der Waals surface area contributed by atoms with Crippen molar-refractivity contribution in [1.29, 1.82) is 5.26 Å². The zero-order chi connectivity index (χ0) is 14.3. The Kier molecular flexibility index (Phi) is 3.75. The van der Waals surface area contributed by atoms with Gasteiger partial charge in [-0.15, -0.1) is 0 Å². The van der Waals surface area contributed by atoms with Gasteiger partial charge in [-0.25, -0.2) is 0 Å². The Morgan fingerprint density at radius 1 is 1.15 bits per heavy atom. The molecule has 0 N–H and O–H groups in total. The quantitative estimate of drug-likeness (QED) is 0.790. The van der Waals surface area contributed by atoms with Crippen LogP contribution in [0.1, 0.15) is 52.4 Å². The van der Waals surface area contributed by atoms with Crippen LogP contribution in [0, 0.1) is 40.9 Å². The highest BCUT2D eigenvalue weighted by atomic mass is 16.2. The van der Waals surface area contributed by atoms with Crippen LogP contribution < -0.4 is 0 Å². The van der Waals surface area contributed by atoms with Crippen molar-refractivity contribution in [2.24, 2.45) is 29.6 Å². The van der Waals surface area contributed by atoms with Crippen LogP contribution in [0.4, 0.5) is 0 Å². The van der Waals surface area contributed by atoms with E-state index in [1.165, 1.54) is 32.1 Å². The summed E-state index contributed by atoms with van der Waals surface area (Å²) in [5.41, 5.74) is 0. The van der Waals surface area contributed by atoms with Crippen molar-refractivity contribution in [3.63, 3.8) is 0 Å².